The number of fused-ring (bicyclic) bond motifs is 1. The second-order valence-electron chi connectivity index (χ2n) is 4.33. The van der Waals surface area contributed by atoms with Gasteiger partial charge < -0.3 is 15.6 Å². The Balaban J connectivity index is 1.74. The number of rotatable bonds is 3. The van der Waals surface area contributed by atoms with Crippen LogP contribution in [-0.4, -0.2) is 16.0 Å². The first-order valence-corrected chi connectivity index (χ1v) is 6.07. The van der Waals surface area contributed by atoms with Crippen molar-refractivity contribution in [3.05, 3.63) is 48.3 Å². The quantitative estimate of drug-likeness (QED) is 0.757. The van der Waals surface area contributed by atoms with Gasteiger partial charge in [0.2, 0.25) is 5.91 Å². The van der Waals surface area contributed by atoms with Gasteiger partial charge in [0.25, 0.3) is 0 Å². The van der Waals surface area contributed by atoms with Crippen molar-refractivity contribution < 1.29 is 9.32 Å². The Bertz CT molecular complexity index is 749. The molecule has 3 rings (SSSR count). The minimum absolute atomic E-state index is 0.128. The summed E-state index contributed by atoms with van der Waals surface area (Å²) < 4.78 is 5.15. The third kappa shape index (κ3) is 2.44. The number of pyridine rings is 1. The summed E-state index contributed by atoms with van der Waals surface area (Å²) in [5.41, 5.74) is 7.35. The molecule has 0 aliphatic rings. The highest BCUT2D eigenvalue weighted by Crippen LogP contribution is 2.18. The van der Waals surface area contributed by atoms with E-state index >= 15 is 0 Å². The third-order valence-electron chi connectivity index (χ3n) is 2.83. The lowest BCUT2D eigenvalue weighted by Gasteiger charge is -2.03. The SMILES string of the molecule is Nc1ccc(NC(=O)Cc2noc3ccccc23)nc1. The van der Waals surface area contributed by atoms with Crippen LogP contribution >= 0.6 is 0 Å². The number of para-hydroxylation sites is 1. The molecule has 0 fully saturated rings. The van der Waals surface area contributed by atoms with Crippen LogP contribution in [0.15, 0.2) is 47.1 Å². The molecule has 100 valence electrons. The van der Waals surface area contributed by atoms with Gasteiger partial charge >= 0.3 is 0 Å². The van der Waals surface area contributed by atoms with Crippen molar-refractivity contribution in [1.29, 1.82) is 0 Å². The highest BCUT2D eigenvalue weighted by Gasteiger charge is 2.12. The van der Waals surface area contributed by atoms with Gasteiger partial charge in [-0.2, -0.15) is 0 Å². The van der Waals surface area contributed by atoms with Crippen LogP contribution in [0.1, 0.15) is 5.69 Å². The van der Waals surface area contributed by atoms with Gasteiger partial charge in [-0.1, -0.05) is 17.3 Å². The van der Waals surface area contributed by atoms with E-state index in [9.17, 15) is 4.79 Å². The fourth-order valence-electron chi connectivity index (χ4n) is 1.88. The number of carbonyl (C=O) groups is 1. The van der Waals surface area contributed by atoms with Gasteiger partial charge in [-0.15, -0.1) is 0 Å². The van der Waals surface area contributed by atoms with E-state index in [1.807, 2.05) is 24.3 Å². The molecule has 0 aliphatic heterocycles. The lowest BCUT2D eigenvalue weighted by molar-refractivity contribution is -0.115. The van der Waals surface area contributed by atoms with Crippen LogP contribution in [-0.2, 0) is 11.2 Å². The van der Waals surface area contributed by atoms with E-state index in [2.05, 4.69) is 15.5 Å². The lowest BCUT2D eigenvalue weighted by Crippen LogP contribution is -2.15. The number of benzene rings is 1. The molecule has 1 aromatic carbocycles. The Morgan fingerprint density at radius 2 is 2.10 bits per heavy atom. The largest absolute Gasteiger partial charge is 0.397 e. The summed E-state index contributed by atoms with van der Waals surface area (Å²) >= 11 is 0. The smallest absolute Gasteiger partial charge is 0.231 e. The Hall–Kier alpha value is -2.89. The fourth-order valence-corrected chi connectivity index (χ4v) is 1.88. The molecule has 3 aromatic rings. The predicted octanol–water partition coefficient (Wildman–Crippen LogP) is 1.99. The predicted molar refractivity (Wildman–Crippen MR) is 75.0 cm³/mol. The van der Waals surface area contributed by atoms with E-state index in [0.29, 0.717) is 22.8 Å². The molecule has 0 saturated heterocycles. The molecule has 0 bridgehead atoms. The van der Waals surface area contributed by atoms with Crippen LogP contribution in [0.4, 0.5) is 11.5 Å². The van der Waals surface area contributed by atoms with Gasteiger partial charge in [0.1, 0.15) is 11.5 Å². The number of hydrogen-bond donors (Lipinski definition) is 2. The number of anilines is 2. The van der Waals surface area contributed by atoms with Crippen LogP contribution in [0, 0.1) is 0 Å². The summed E-state index contributed by atoms with van der Waals surface area (Å²) in [5.74, 6) is 0.248. The standard InChI is InChI=1S/C14H12N4O2/c15-9-5-6-13(16-8-9)17-14(19)7-11-10-3-1-2-4-12(10)20-18-11/h1-6,8H,7,15H2,(H,16,17,19). The zero-order valence-electron chi connectivity index (χ0n) is 10.5. The summed E-state index contributed by atoms with van der Waals surface area (Å²) in [7, 11) is 0. The Morgan fingerprint density at radius 1 is 1.25 bits per heavy atom. The number of hydrogen-bond acceptors (Lipinski definition) is 5. The maximum Gasteiger partial charge on any atom is 0.231 e. The molecule has 2 heterocycles. The number of nitrogens with two attached hydrogens (primary N) is 1. The minimum Gasteiger partial charge on any atom is -0.397 e. The minimum atomic E-state index is -0.207. The van der Waals surface area contributed by atoms with E-state index in [1.54, 1.807) is 12.1 Å². The van der Waals surface area contributed by atoms with Crippen LogP contribution < -0.4 is 11.1 Å². The van der Waals surface area contributed by atoms with Gasteiger partial charge in [0, 0.05) is 5.39 Å². The first kappa shape index (κ1) is 12.2. The summed E-state index contributed by atoms with van der Waals surface area (Å²) in [6.07, 6.45) is 1.62. The number of nitrogens with zero attached hydrogens (tertiary/aromatic N) is 2. The summed E-state index contributed by atoms with van der Waals surface area (Å²) in [6, 6.07) is 10.7. The number of nitrogen functional groups attached to an aromatic ring is 1. The average Bonchev–Trinajstić information content (AvgIpc) is 2.85. The molecule has 1 amide bonds. The normalized spacial score (nSPS) is 10.6. The first-order valence-electron chi connectivity index (χ1n) is 6.07. The van der Waals surface area contributed by atoms with Gasteiger partial charge in [-0.05, 0) is 24.3 Å². The van der Waals surface area contributed by atoms with Gasteiger partial charge in [-0.3, -0.25) is 4.79 Å². The number of aromatic nitrogens is 2. The van der Waals surface area contributed by atoms with E-state index in [1.165, 1.54) is 6.20 Å². The highest BCUT2D eigenvalue weighted by atomic mass is 16.5. The maximum absolute atomic E-state index is 11.9. The number of carbonyl (C=O) groups excluding carboxylic acids is 1. The number of amides is 1. The van der Waals surface area contributed by atoms with E-state index in [-0.39, 0.29) is 12.3 Å². The van der Waals surface area contributed by atoms with E-state index < -0.39 is 0 Å². The molecular weight excluding hydrogens is 256 g/mol. The molecule has 2 aromatic heterocycles. The topological polar surface area (TPSA) is 94.0 Å². The van der Waals surface area contributed by atoms with Crippen molar-refractivity contribution in [2.45, 2.75) is 6.42 Å². The van der Waals surface area contributed by atoms with Gasteiger partial charge in [0.15, 0.2) is 5.58 Å². The van der Waals surface area contributed by atoms with Gasteiger partial charge in [-0.25, -0.2) is 4.98 Å². The molecule has 0 spiro atoms. The van der Waals surface area contributed by atoms with E-state index in [0.717, 1.165) is 5.39 Å². The highest BCUT2D eigenvalue weighted by molar-refractivity contribution is 5.94. The van der Waals surface area contributed by atoms with Crippen molar-refractivity contribution in [3.8, 4) is 0 Å². The lowest BCUT2D eigenvalue weighted by atomic mass is 10.1. The second-order valence-corrected chi connectivity index (χ2v) is 4.33. The summed E-state index contributed by atoms with van der Waals surface area (Å²) in [4.78, 5) is 16.0. The Kier molecular flexibility index (Phi) is 3.04. The molecule has 0 aliphatic carbocycles. The summed E-state index contributed by atoms with van der Waals surface area (Å²) in [6.45, 7) is 0. The molecular formula is C14H12N4O2. The van der Waals surface area contributed by atoms with Crippen molar-refractivity contribution in [2.75, 3.05) is 11.1 Å². The van der Waals surface area contributed by atoms with Crippen LogP contribution in [0.3, 0.4) is 0 Å². The summed E-state index contributed by atoms with van der Waals surface area (Å²) in [5, 5.41) is 7.44. The van der Waals surface area contributed by atoms with Crippen molar-refractivity contribution in [3.63, 3.8) is 0 Å². The fraction of sp³-hybridized carbons (Fsp3) is 0.0714. The average molecular weight is 268 g/mol. The second kappa shape index (κ2) is 5.00. The van der Waals surface area contributed by atoms with Crippen molar-refractivity contribution in [2.24, 2.45) is 0 Å². The van der Waals surface area contributed by atoms with E-state index in [4.69, 9.17) is 10.3 Å². The molecule has 0 radical (unpaired) electrons. The zero-order valence-corrected chi connectivity index (χ0v) is 10.5. The molecule has 0 saturated carbocycles. The van der Waals surface area contributed by atoms with Crippen LogP contribution in [0.2, 0.25) is 0 Å². The third-order valence-corrected chi connectivity index (χ3v) is 2.83. The molecule has 6 heteroatoms. The molecule has 20 heavy (non-hydrogen) atoms. The Labute approximate surface area is 114 Å². The van der Waals surface area contributed by atoms with Crippen molar-refractivity contribution in [1.82, 2.24) is 10.1 Å². The number of nitrogens with one attached hydrogen (secondary N) is 1. The molecule has 0 unspecified atom stereocenters. The van der Waals surface area contributed by atoms with Gasteiger partial charge in [0.05, 0.1) is 18.3 Å². The van der Waals surface area contributed by atoms with Crippen LogP contribution in [0.5, 0.6) is 0 Å². The first-order chi connectivity index (χ1) is 9.72. The zero-order chi connectivity index (χ0) is 13.9. The molecule has 0 atom stereocenters. The maximum atomic E-state index is 11.9. The molecule has 6 nitrogen and oxygen atoms in total. The molecule has 3 N–H and O–H groups in total. The van der Waals surface area contributed by atoms with Crippen molar-refractivity contribution >= 4 is 28.4 Å². The van der Waals surface area contributed by atoms with Crippen LogP contribution in [0.25, 0.3) is 11.0 Å². The Morgan fingerprint density at radius 3 is 2.90 bits per heavy atom. The monoisotopic (exact) mass is 268 g/mol.